The fourth-order valence-corrected chi connectivity index (χ4v) is 5.86. The molecule has 0 bridgehead atoms. The van der Waals surface area contributed by atoms with E-state index in [-0.39, 0.29) is 32.6 Å². The van der Waals surface area contributed by atoms with Gasteiger partial charge in [-0.05, 0) is 57.8 Å². The van der Waals surface area contributed by atoms with Crippen LogP contribution in [0.25, 0.3) is 0 Å². The van der Waals surface area contributed by atoms with E-state index in [1.165, 1.54) is 89.9 Å². The number of rotatable bonds is 36. The number of esters is 2. The number of ether oxygens (including phenoxy) is 2. The molecule has 286 valence electrons. The third-order valence-corrected chi connectivity index (χ3v) is 9.00. The molecule has 0 spiro atoms. The van der Waals surface area contributed by atoms with Gasteiger partial charge in [-0.3, -0.25) is 18.6 Å². The van der Waals surface area contributed by atoms with Gasteiger partial charge in [-0.25, -0.2) is 4.57 Å². The van der Waals surface area contributed by atoms with Crippen molar-refractivity contribution in [1.82, 2.24) is 0 Å². The van der Waals surface area contributed by atoms with Crippen LogP contribution in [0.3, 0.4) is 0 Å². The van der Waals surface area contributed by atoms with Crippen molar-refractivity contribution in [2.75, 3.05) is 26.4 Å². The Balaban J connectivity index is 4.29. The van der Waals surface area contributed by atoms with E-state index in [4.69, 9.17) is 24.3 Å². The highest BCUT2D eigenvalue weighted by molar-refractivity contribution is 7.47. The molecule has 9 nitrogen and oxygen atoms in total. The van der Waals surface area contributed by atoms with Gasteiger partial charge in [0.1, 0.15) is 6.61 Å². The first-order valence-corrected chi connectivity index (χ1v) is 21.0. The zero-order valence-electron chi connectivity index (χ0n) is 31.2. The van der Waals surface area contributed by atoms with Crippen LogP contribution in [-0.4, -0.2) is 49.3 Å². The molecule has 0 aliphatic heterocycles. The van der Waals surface area contributed by atoms with Crippen LogP contribution in [0.2, 0.25) is 0 Å². The number of phosphoric acid groups is 1. The zero-order valence-corrected chi connectivity index (χ0v) is 32.1. The van der Waals surface area contributed by atoms with E-state index in [9.17, 15) is 19.0 Å². The van der Waals surface area contributed by atoms with Crippen molar-refractivity contribution in [2.24, 2.45) is 5.73 Å². The molecule has 0 heterocycles. The summed E-state index contributed by atoms with van der Waals surface area (Å²) >= 11 is 0. The first kappa shape index (κ1) is 47.2. The maximum absolute atomic E-state index is 12.5. The average Bonchev–Trinajstić information content (AvgIpc) is 3.08. The van der Waals surface area contributed by atoms with E-state index in [1.807, 2.05) is 12.2 Å². The van der Waals surface area contributed by atoms with Gasteiger partial charge in [-0.1, -0.05) is 134 Å². The normalized spacial score (nSPS) is 13.8. The van der Waals surface area contributed by atoms with Crippen molar-refractivity contribution in [3.63, 3.8) is 0 Å². The Labute approximate surface area is 299 Å². The summed E-state index contributed by atoms with van der Waals surface area (Å²) in [7, 11) is -4.38. The molecule has 0 fully saturated rings. The molecule has 0 aromatic heterocycles. The Morgan fingerprint density at radius 1 is 0.612 bits per heavy atom. The third-order valence-electron chi connectivity index (χ3n) is 8.01. The van der Waals surface area contributed by atoms with Crippen LogP contribution < -0.4 is 5.73 Å². The largest absolute Gasteiger partial charge is 0.472 e. The van der Waals surface area contributed by atoms with Gasteiger partial charge in [0.25, 0.3) is 0 Å². The summed E-state index contributed by atoms with van der Waals surface area (Å²) in [5.41, 5.74) is 5.33. The molecule has 0 aliphatic carbocycles. The van der Waals surface area contributed by atoms with Crippen molar-refractivity contribution < 1.29 is 37.6 Å². The Morgan fingerprint density at radius 3 is 1.67 bits per heavy atom. The number of nitrogens with two attached hydrogens (primary N) is 1. The van der Waals surface area contributed by atoms with Crippen molar-refractivity contribution in [3.8, 4) is 0 Å². The van der Waals surface area contributed by atoms with Gasteiger partial charge in [0.15, 0.2) is 6.10 Å². The first-order chi connectivity index (χ1) is 23.8. The second-order valence-corrected chi connectivity index (χ2v) is 14.2. The molecule has 3 N–H and O–H groups in total. The molecule has 2 unspecified atom stereocenters. The van der Waals surface area contributed by atoms with Gasteiger partial charge in [0, 0.05) is 19.4 Å². The summed E-state index contributed by atoms with van der Waals surface area (Å²) in [6.07, 6.45) is 37.6. The van der Waals surface area contributed by atoms with Crippen LogP contribution >= 0.6 is 7.82 Å². The lowest BCUT2D eigenvalue weighted by atomic mass is 10.1. The van der Waals surface area contributed by atoms with Crippen molar-refractivity contribution in [2.45, 2.75) is 174 Å². The van der Waals surface area contributed by atoms with Crippen LogP contribution in [0.1, 0.15) is 168 Å². The Hall–Kier alpha value is -1.77. The van der Waals surface area contributed by atoms with E-state index in [1.54, 1.807) is 0 Å². The SMILES string of the molecule is CCCCCC/C=C/CCCCCCCCCC(=O)OCC(COP(=O)(O)OCCN)OC(=O)CC/C=C/C/C=C/CCCCCCCC. The van der Waals surface area contributed by atoms with E-state index in [0.29, 0.717) is 6.42 Å². The molecule has 0 aromatic rings. The van der Waals surface area contributed by atoms with Gasteiger partial charge in [0.05, 0.1) is 13.2 Å². The van der Waals surface area contributed by atoms with Crippen LogP contribution in [0.4, 0.5) is 0 Å². The fourth-order valence-electron chi connectivity index (χ4n) is 5.09. The molecule has 0 radical (unpaired) electrons. The first-order valence-electron chi connectivity index (χ1n) is 19.5. The monoisotopic (exact) mass is 713 g/mol. The minimum atomic E-state index is -4.38. The second-order valence-electron chi connectivity index (χ2n) is 12.8. The highest BCUT2D eigenvalue weighted by Crippen LogP contribution is 2.43. The summed E-state index contributed by atoms with van der Waals surface area (Å²) in [4.78, 5) is 34.7. The fraction of sp³-hybridized carbons (Fsp3) is 0.795. The predicted octanol–water partition coefficient (Wildman–Crippen LogP) is 10.6. The van der Waals surface area contributed by atoms with Crippen LogP contribution in [-0.2, 0) is 32.7 Å². The van der Waals surface area contributed by atoms with Crippen molar-refractivity contribution in [1.29, 1.82) is 0 Å². The lowest BCUT2D eigenvalue weighted by Crippen LogP contribution is -2.29. The summed E-state index contributed by atoms with van der Waals surface area (Å²) in [5, 5.41) is 0. The van der Waals surface area contributed by atoms with Crippen LogP contribution in [0.15, 0.2) is 36.5 Å². The minimum Gasteiger partial charge on any atom is -0.462 e. The standard InChI is InChI=1S/C39H72NO8P/c1-3-5-7-9-11-13-15-17-18-20-21-23-25-27-29-31-38(41)45-35-37(36-47-49(43,44)46-34-33-40)48-39(42)32-30-28-26-24-22-19-16-14-12-10-8-6-4-2/h13,15,19,22,26,28,37H,3-12,14,16-18,20-21,23-25,27,29-36,40H2,1-2H3,(H,43,44)/b15-13+,22-19+,28-26+. The number of phosphoric ester groups is 1. The number of carbonyl (C=O) groups excluding carboxylic acids is 2. The van der Waals surface area contributed by atoms with Crippen LogP contribution in [0.5, 0.6) is 0 Å². The molecule has 0 aromatic carbocycles. The predicted molar refractivity (Wildman–Crippen MR) is 201 cm³/mol. The van der Waals surface area contributed by atoms with E-state index in [2.05, 4.69) is 38.2 Å². The number of unbranched alkanes of at least 4 members (excludes halogenated alkanes) is 17. The molecule has 10 heteroatoms. The summed E-state index contributed by atoms with van der Waals surface area (Å²) in [5.74, 6) is -0.913. The highest BCUT2D eigenvalue weighted by Gasteiger charge is 2.25. The van der Waals surface area contributed by atoms with Crippen LogP contribution in [0, 0.1) is 0 Å². The van der Waals surface area contributed by atoms with E-state index >= 15 is 0 Å². The van der Waals surface area contributed by atoms with Gasteiger partial charge in [0.2, 0.25) is 0 Å². The second kappa shape index (κ2) is 36.0. The molecule has 0 amide bonds. The maximum Gasteiger partial charge on any atom is 0.472 e. The summed E-state index contributed by atoms with van der Waals surface area (Å²) in [6.45, 7) is 3.63. The average molecular weight is 714 g/mol. The third kappa shape index (κ3) is 35.8. The van der Waals surface area contributed by atoms with Crippen molar-refractivity contribution >= 4 is 19.8 Å². The van der Waals surface area contributed by atoms with Crippen molar-refractivity contribution in [3.05, 3.63) is 36.5 Å². The molecule has 2 atom stereocenters. The molecule has 0 saturated heterocycles. The molecule has 0 saturated carbocycles. The van der Waals surface area contributed by atoms with E-state index in [0.717, 1.165) is 44.9 Å². The zero-order chi connectivity index (χ0) is 36.1. The van der Waals surface area contributed by atoms with E-state index < -0.39 is 32.5 Å². The molecule has 0 rings (SSSR count). The lowest BCUT2D eigenvalue weighted by Gasteiger charge is -2.19. The lowest BCUT2D eigenvalue weighted by molar-refractivity contribution is -0.161. The Morgan fingerprint density at radius 2 is 1.10 bits per heavy atom. The Bertz CT molecular complexity index is 907. The molecular weight excluding hydrogens is 641 g/mol. The number of hydrogen-bond acceptors (Lipinski definition) is 8. The Kier molecular flexibility index (Phi) is 34.7. The number of carbonyl (C=O) groups is 2. The quantitative estimate of drug-likeness (QED) is 0.0281. The van der Waals surface area contributed by atoms with Gasteiger partial charge in [-0.2, -0.15) is 0 Å². The molecule has 0 aliphatic rings. The highest BCUT2D eigenvalue weighted by atomic mass is 31.2. The van der Waals surface area contributed by atoms with Gasteiger partial charge in [-0.15, -0.1) is 0 Å². The molecule has 49 heavy (non-hydrogen) atoms. The summed E-state index contributed by atoms with van der Waals surface area (Å²) in [6, 6.07) is 0. The van der Waals surface area contributed by atoms with Gasteiger partial charge >= 0.3 is 19.8 Å². The molecular formula is C39H72NO8P. The number of allylic oxidation sites excluding steroid dienone is 6. The number of hydrogen-bond donors (Lipinski definition) is 2. The summed E-state index contributed by atoms with van der Waals surface area (Å²) < 4.78 is 32.6. The topological polar surface area (TPSA) is 134 Å². The minimum absolute atomic E-state index is 0.0449. The smallest absolute Gasteiger partial charge is 0.462 e. The van der Waals surface area contributed by atoms with Gasteiger partial charge < -0.3 is 20.1 Å². The maximum atomic E-state index is 12.5.